The van der Waals surface area contributed by atoms with Crippen molar-refractivity contribution in [3.63, 3.8) is 0 Å². The van der Waals surface area contributed by atoms with Crippen molar-refractivity contribution < 1.29 is 18.3 Å². The molecule has 3 N–H and O–H groups in total. The monoisotopic (exact) mass is 292 g/mol. The molecule has 0 fully saturated rings. The Balaban J connectivity index is 2.38. The summed E-state index contributed by atoms with van der Waals surface area (Å²) in [5.41, 5.74) is 6.92. The summed E-state index contributed by atoms with van der Waals surface area (Å²) >= 11 is 0. The van der Waals surface area contributed by atoms with Crippen molar-refractivity contribution >= 4 is 23.0 Å². The van der Waals surface area contributed by atoms with E-state index in [0.717, 1.165) is 12.1 Å². The molecule has 0 saturated heterocycles. The number of hydrogen-bond acceptors (Lipinski definition) is 4. The zero-order valence-corrected chi connectivity index (χ0v) is 11.3. The molecule has 110 valence electrons. The maximum Gasteiger partial charge on any atom is 0.340 e. The molecule has 0 unspecified atom stereocenters. The average molecular weight is 292 g/mol. The molecule has 0 aliphatic rings. The summed E-state index contributed by atoms with van der Waals surface area (Å²) in [4.78, 5) is 11.9. The summed E-state index contributed by atoms with van der Waals surface area (Å²) in [5, 5.41) is 2.82. The maximum absolute atomic E-state index is 13.2. The minimum atomic E-state index is -0.993. The molecule has 0 amide bonds. The van der Waals surface area contributed by atoms with Crippen LogP contribution in [0.1, 0.15) is 17.3 Å². The van der Waals surface area contributed by atoms with Crippen LogP contribution >= 0.6 is 0 Å². The molecule has 6 heteroatoms. The zero-order valence-electron chi connectivity index (χ0n) is 11.3. The number of esters is 1. The van der Waals surface area contributed by atoms with Gasteiger partial charge in [-0.05, 0) is 31.2 Å². The van der Waals surface area contributed by atoms with Crippen LogP contribution < -0.4 is 11.1 Å². The van der Waals surface area contributed by atoms with E-state index in [1.807, 2.05) is 0 Å². The lowest BCUT2D eigenvalue weighted by atomic mass is 10.1. The quantitative estimate of drug-likeness (QED) is 0.669. The first kappa shape index (κ1) is 14.8. The average Bonchev–Trinajstić information content (AvgIpc) is 2.45. The van der Waals surface area contributed by atoms with Gasteiger partial charge in [0.25, 0.3) is 0 Å². The lowest BCUT2D eigenvalue weighted by Crippen LogP contribution is -2.09. The van der Waals surface area contributed by atoms with Gasteiger partial charge in [-0.3, -0.25) is 0 Å². The van der Waals surface area contributed by atoms with E-state index in [1.165, 1.54) is 12.1 Å². The van der Waals surface area contributed by atoms with Crippen LogP contribution in [0.3, 0.4) is 0 Å². The molecule has 0 spiro atoms. The Labute approximate surface area is 120 Å². The molecule has 2 rings (SSSR count). The third-order valence-electron chi connectivity index (χ3n) is 2.78. The maximum atomic E-state index is 13.2. The Morgan fingerprint density at radius 3 is 2.67 bits per heavy atom. The molecule has 21 heavy (non-hydrogen) atoms. The van der Waals surface area contributed by atoms with Crippen molar-refractivity contribution in [1.29, 1.82) is 0 Å². The highest BCUT2D eigenvalue weighted by molar-refractivity contribution is 5.99. The van der Waals surface area contributed by atoms with E-state index in [1.54, 1.807) is 19.1 Å². The highest BCUT2D eigenvalue weighted by Gasteiger charge is 2.15. The van der Waals surface area contributed by atoms with Crippen LogP contribution in [-0.4, -0.2) is 12.6 Å². The number of hydrogen-bond donors (Lipinski definition) is 2. The Kier molecular flexibility index (Phi) is 4.37. The second-order valence-electron chi connectivity index (χ2n) is 4.24. The number of nitrogen functional groups attached to an aromatic ring is 1. The molecule has 0 aromatic heterocycles. The van der Waals surface area contributed by atoms with Crippen LogP contribution in [0.5, 0.6) is 0 Å². The fraction of sp³-hybridized carbons (Fsp3) is 0.133. The van der Waals surface area contributed by atoms with Crippen molar-refractivity contribution in [2.45, 2.75) is 6.92 Å². The smallest absolute Gasteiger partial charge is 0.340 e. The number of benzene rings is 2. The predicted molar refractivity (Wildman–Crippen MR) is 76.5 cm³/mol. The molecule has 0 aliphatic heterocycles. The number of anilines is 3. The fourth-order valence-corrected chi connectivity index (χ4v) is 1.81. The van der Waals surface area contributed by atoms with Crippen molar-refractivity contribution in [2.24, 2.45) is 0 Å². The summed E-state index contributed by atoms with van der Waals surface area (Å²) in [5.74, 6) is -2.49. The van der Waals surface area contributed by atoms with Crippen LogP contribution in [0.4, 0.5) is 25.8 Å². The van der Waals surface area contributed by atoms with Gasteiger partial charge in [-0.15, -0.1) is 0 Å². The van der Waals surface area contributed by atoms with Gasteiger partial charge in [0.15, 0.2) is 11.6 Å². The number of carbonyl (C=O) groups excluding carboxylic acids is 1. The number of halogens is 2. The van der Waals surface area contributed by atoms with E-state index in [9.17, 15) is 13.6 Å². The van der Waals surface area contributed by atoms with Gasteiger partial charge in [0.2, 0.25) is 0 Å². The summed E-state index contributed by atoms with van der Waals surface area (Å²) < 4.78 is 31.1. The Morgan fingerprint density at radius 1 is 1.24 bits per heavy atom. The summed E-state index contributed by atoms with van der Waals surface area (Å²) in [6, 6.07) is 8.05. The zero-order chi connectivity index (χ0) is 15.4. The Bertz CT molecular complexity index is 675. The van der Waals surface area contributed by atoms with Crippen molar-refractivity contribution in [3.05, 3.63) is 53.6 Å². The first-order chi connectivity index (χ1) is 10.0. The minimum absolute atomic E-state index is 0.220. The fourth-order valence-electron chi connectivity index (χ4n) is 1.81. The summed E-state index contributed by atoms with van der Waals surface area (Å²) in [7, 11) is 0. The van der Waals surface area contributed by atoms with Gasteiger partial charge in [-0.25, -0.2) is 13.6 Å². The number of carbonyl (C=O) groups is 1. The second-order valence-corrected chi connectivity index (χ2v) is 4.24. The van der Waals surface area contributed by atoms with Gasteiger partial charge >= 0.3 is 5.97 Å². The number of para-hydroxylation sites is 1. The standard InChI is InChI=1S/C15H14F2N2O2/c1-2-21-15(20)10-4-3-5-13(18)14(10)19-9-6-7-11(16)12(17)8-9/h3-8,19H,2,18H2,1H3. The summed E-state index contributed by atoms with van der Waals surface area (Å²) in [6.07, 6.45) is 0. The lowest BCUT2D eigenvalue weighted by molar-refractivity contribution is 0.0527. The first-order valence-corrected chi connectivity index (χ1v) is 6.30. The van der Waals surface area contributed by atoms with Gasteiger partial charge in [0.05, 0.1) is 23.5 Å². The third-order valence-corrected chi connectivity index (χ3v) is 2.78. The van der Waals surface area contributed by atoms with Crippen LogP contribution in [0, 0.1) is 11.6 Å². The van der Waals surface area contributed by atoms with Crippen LogP contribution in [0.25, 0.3) is 0 Å². The Morgan fingerprint density at radius 2 is 2.00 bits per heavy atom. The summed E-state index contributed by atoms with van der Waals surface area (Å²) in [6.45, 7) is 1.91. The van der Waals surface area contributed by atoms with Gasteiger partial charge in [0.1, 0.15) is 0 Å². The molecule has 0 heterocycles. The molecule has 0 saturated carbocycles. The third kappa shape index (κ3) is 3.28. The molecule has 2 aromatic carbocycles. The Hall–Kier alpha value is -2.63. The number of nitrogens with two attached hydrogens (primary N) is 1. The molecule has 4 nitrogen and oxygen atoms in total. The van der Waals surface area contributed by atoms with E-state index >= 15 is 0 Å². The second kappa shape index (κ2) is 6.21. The van der Waals surface area contributed by atoms with Gasteiger partial charge in [-0.2, -0.15) is 0 Å². The van der Waals surface area contributed by atoms with Crippen LogP contribution in [0.15, 0.2) is 36.4 Å². The van der Waals surface area contributed by atoms with E-state index in [0.29, 0.717) is 11.4 Å². The number of nitrogens with one attached hydrogen (secondary N) is 1. The number of rotatable bonds is 4. The van der Waals surface area contributed by atoms with Crippen LogP contribution in [-0.2, 0) is 4.74 Å². The lowest BCUT2D eigenvalue weighted by Gasteiger charge is -2.14. The molecular weight excluding hydrogens is 278 g/mol. The van der Waals surface area contributed by atoms with E-state index in [-0.39, 0.29) is 17.9 Å². The first-order valence-electron chi connectivity index (χ1n) is 6.30. The number of ether oxygens (including phenoxy) is 1. The van der Waals surface area contributed by atoms with E-state index in [2.05, 4.69) is 5.32 Å². The molecule has 2 aromatic rings. The molecule has 0 aliphatic carbocycles. The van der Waals surface area contributed by atoms with Gasteiger partial charge < -0.3 is 15.8 Å². The molecule has 0 bridgehead atoms. The highest BCUT2D eigenvalue weighted by Crippen LogP contribution is 2.28. The molecule has 0 atom stereocenters. The normalized spacial score (nSPS) is 10.2. The molecular formula is C15H14F2N2O2. The van der Waals surface area contributed by atoms with Gasteiger partial charge in [-0.1, -0.05) is 6.07 Å². The van der Waals surface area contributed by atoms with Gasteiger partial charge in [0, 0.05) is 11.8 Å². The largest absolute Gasteiger partial charge is 0.462 e. The SMILES string of the molecule is CCOC(=O)c1cccc(N)c1Nc1ccc(F)c(F)c1. The topological polar surface area (TPSA) is 64.3 Å². The van der Waals surface area contributed by atoms with Crippen molar-refractivity contribution in [1.82, 2.24) is 0 Å². The van der Waals surface area contributed by atoms with Crippen LogP contribution in [0.2, 0.25) is 0 Å². The van der Waals surface area contributed by atoms with Crippen molar-refractivity contribution in [2.75, 3.05) is 17.7 Å². The predicted octanol–water partition coefficient (Wildman–Crippen LogP) is 3.47. The molecule has 0 radical (unpaired) electrons. The van der Waals surface area contributed by atoms with E-state index in [4.69, 9.17) is 10.5 Å². The van der Waals surface area contributed by atoms with Crippen molar-refractivity contribution in [3.8, 4) is 0 Å². The van der Waals surface area contributed by atoms with E-state index < -0.39 is 17.6 Å². The minimum Gasteiger partial charge on any atom is -0.462 e. The highest BCUT2D eigenvalue weighted by atomic mass is 19.2.